The number of aliphatic hydroxyl groups is 1. The molecule has 2 aromatic heterocycles. The van der Waals surface area contributed by atoms with Gasteiger partial charge in [-0.05, 0) is 36.1 Å². The maximum atomic E-state index is 12.3. The predicted molar refractivity (Wildman–Crippen MR) is 72.3 cm³/mol. The summed E-state index contributed by atoms with van der Waals surface area (Å²) in [6, 6.07) is 5.05. The summed E-state index contributed by atoms with van der Waals surface area (Å²) in [5, 5.41) is 10.6. The van der Waals surface area contributed by atoms with Gasteiger partial charge >= 0.3 is 0 Å². The van der Waals surface area contributed by atoms with E-state index in [1.807, 2.05) is 6.92 Å². The molecule has 104 valence electrons. The van der Waals surface area contributed by atoms with Gasteiger partial charge in [0.05, 0.1) is 13.2 Å². The first-order valence-corrected chi connectivity index (χ1v) is 7.95. The minimum absolute atomic E-state index is 0.160. The Morgan fingerprint density at radius 2 is 2.16 bits per heavy atom. The van der Waals surface area contributed by atoms with E-state index < -0.39 is 10.0 Å². The molecule has 0 aliphatic carbocycles. The zero-order chi connectivity index (χ0) is 14.0. The summed E-state index contributed by atoms with van der Waals surface area (Å²) >= 11 is 1.10. The molecule has 19 heavy (non-hydrogen) atoms. The molecular formula is C12H15NO4S2. The van der Waals surface area contributed by atoms with Gasteiger partial charge in [-0.2, -0.15) is 4.31 Å². The SMILES string of the molecule is Cc1ccc(CN(C)S(=O)(=O)c2cc(CO)cs2)o1. The summed E-state index contributed by atoms with van der Waals surface area (Å²) in [6.07, 6.45) is 0. The van der Waals surface area contributed by atoms with Crippen LogP contribution in [-0.2, 0) is 23.2 Å². The van der Waals surface area contributed by atoms with Crippen molar-refractivity contribution in [1.29, 1.82) is 0 Å². The minimum Gasteiger partial charge on any atom is -0.465 e. The van der Waals surface area contributed by atoms with E-state index in [9.17, 15) is 8.42 Å². The molecule has 2 heterocycles. The highest BCUT2D eigenvalue weighted by Crippen LogP contribution is 2.24. The summed E-state index contributed by atoms with van der Waals surface area (Å²) in [6.45, 7) is 1.83. The first-order chi connectivity index (χ1) is 8.93. The predicted octanol–water partition coefficient (Wildman–Crippen LogP) is 1.96. The number of hydrogen-bond acceptors (Lipinski definition) is 5. The van der Waals surface area contributed by atoms with Crippen LogP contribution in [0.1, 0.15) is 17.1 Å². The van der Waals surface area contributed by atoms with Crippen LogP contribution in [0.15, 0.2) is 32.2 Å². The molecule has 0 spiro atoms. The fourth-order valence-electron chi connectivity index (χ4n) is 1.60. The number of sulfonamides is 1. The third-order valence-corrected chi connectivity index (χ3v) is 5.92. The maximum Gasteiger partial charge on any atom is 0.252 e. The van der Waals surface area contributed by atoms with Gasteiger partial charge in [0.25, 0.3) is 10.0 Å². The van der Waals surface area contributed by atoms with Crippen LogP contribution in [-0.4, -0.2) is 24.9 Å². The molecule has 2 aromatic rings. The van der Waals surface area contributed by atoms with Gasteiger partial charge in [-0.25, -0.2) is 8.42 Å². The Bertz CT molecular complexity index is 657. The third-order valence-electron chi connectivity index (χ3n) is 2.65. The molecule has 0 amide bonds. The van der Waals surface area contributed by atoms with Crippen molar-refractivity contribution >= 4 is 21.4 Å². The van der Waals surface area contributed by atoms with Crippen molar-refractivity contribution in [2.24, 2.45) is 0 Å². The van der Waals surface area contributed by atoms with E-state index in [0.717, 1.165) is 17.1 Å². The van der Waals surface area contributed by atoms with Crippen LogP contribution in [0, 0.1) is 6.92 Å². The molecule has 0 unspecified atom stereocenters. The lowest BCUT2D eigenvalue weighted by Crippen LogP contribution is -2.25. The van der Waals surface area contributed by atoms with E-state index in [1.165, 1.54) is 17.4 Å². The van der Waals surface area contributed by atoms with Gasteiger partial charge in [-0.3, -0.25) is 0 Å². The van der Waals surface area contributed by atoms with Gasteiger partial charge in [0.2, 0.25) is 0 Å². The fourth-order valence-corrected chi connectivity index (χ4v) is 4.15. The molecule has 5 nitrogen and oxygen atoms in total. The zero-order valence-corrected chi connectivity index (χ0v) is 12.3. The molecule has 0 saturated carbocycles. The lowest BCUT2D eigenvalue weighted by atomic mass is 10.4. The van der Waals surface area contributed by atoms with Crippen molar-refractivity contribution in [1.82, 2.24) is 4.31 Å². The van der Waals surface area contributed by atoms with E-state index >= 15 is 0 Å². The number of aryl methyl sites for hydroxylation is 1. The second kappa shape index (κ2) is 5.46. The fraction of sp³-hybridized carbons (Fsp3) is 0.333. The van der Waals surface area contributed by atoms with Gasteiger partial charge in [0.15, 0.2) is 0 Å². The van der Waals surface area contributed by atoms with Crippen molar-refractivity contribution in [3.8, 4) is 0 Å². The van der Waals surface area contributed by atoms with Crippen molar-refractivity contribution in [3.63, 3.8) is 0 Å². The Morgan fingerprint density at radius 1 is 1.42 bits per heavy atom. The molecule has 0 atom stereocenters. The van der Waals surface area contributed by atoms with Crippen LogP contribution in [0.4, 0.5) is 0 Å². The molecule has 2 rings (SSSR count). The Balaban J connectivity index is 2.19. The number of furan rings is 1. The molecule has 0 radical (unpaired) electrons. The van der Waals surface area contributed by atoms with E-state index in [4.69, 9.17) is 9.52 Å². The second-order valence-electron chi connectivity index (χ2n) is 4.21. The molecule has 1 N–H and O–H groups in total. The van der Waals surface area contributed by atoms with Crippen LogP contribution in [0.5, 0.6) is 0 Å². The van der Waals surface area contributed by atoms with Gasteiger partial charge < -0.3 is 9.52 Å². The van der Waals surface area contributed by atoms with Crippen LogP contribution < -0.4 is 0 Å². The first-order valence-electron chi connectivity index (χ1n) is 5.63. The van der Waals surface area contributed by atoms with Crippen LogP contribution in [0.25, 0.3) is 0 Å². The van der Waals surface area contributed by atoms with Crippen molar-refractivity contribution < 1.29 is 17.9 Å². The number of hydrogen-bond donors (Lipinski definition) is 1. The highest BCUT2D eigenvalue weighted by molar-refractivity contribution is 7.91. The van der Waals surface area contributed by atoms with E-state index in [0.29, 0.717) is 11.3 Å². The molecule has 7 heteroatoms. The Hall–Kier alpha value is -1.15. The Labute approximate surface area is 116 Å². The smallest absolute Gasteiger partial charge is 0.252 e. The third kappa shape index (κ3) is 3.06. The quantitative estimate of drug-likeness (QED) is 0.916. The van der Waals surface area contributed by atoms with E-state index in [2.05, 4.69) is 0 Å². The maximum absolute atomic E-state index is 12.3. The minimum atomic E-state index is -3.54. The second-order valence-corrected chi connectivity index (χ2v) is 7.39. The largest absolute Gasteiger partial charge is 0.465 e. The zero-order valence-electron chi connectivity index (χ0n) is 10.7. The standard InChI is InChI=1S/C12H15NO4S2/c1-9-3-4-11(17-9)6-13(2)19(15,16)12-5-10(7-14)8-18-12/h3-5,8,14H,6-7H2,1-2H3. The van der Waals surface area contributed by atoms with Gasteiger partial charge in [0.1, 0.15) is 15.7 Å². The summed E-state index contributed by atoms with van der Waals surface area (Å²) in [5.41, 5.74) is 0.603. The monoisotopic (exact) mass is 301 g/mol. The van der Waals surface area contributed by atoms with Crippen molar-refractivity contribution in [2.45, 2.75) is 24.3 Å². The van der Waals surface area contributed by atoms with Crippen LogP contribution in [0.3, 0.4) is 0 Å². The highest BCUT2D eigenvalue weighted by Gasteiger charge is 2.23. The lowest BCUT2D eigenvalue weighted by Gasteiger charge is -2.14. The van der Waals surface area contributed by atoms with E-state index in [-0.39, 0.29) is 17.4 Å². The summed E-state index contributed by atoms with van der Waals surface area (Å²) in [7, 11) is -2.03. The number of thiophene rings is 1. The van der Waals surface area contributed by atoms with Crippen molar-refractivity contribution in [2.75, 3.05) is 7.05 Å². The molecule has 0 aliphatic rings. The Morgan fingerprint density at radius 3 is 2.68 bits per heavy atom. The molecule has 0 saturated heterocycles. The summed E-state index contributed by atoms with van der Waals surface area (Å²) in [5.74, 6) is 1.35. The highest BCUT2D eigenvalue weighted by atomic mass is 32.2. The van der Waals surface area contributed by atoms with Crippen molar-refractivity contribution in [3.05, 3.63) is 40.7 Å². The number of nitrogens with zero attached hydrogens (tertiary/aromatic N) is 1. The number of aliphatic hydroxyl groups excluding tert-OH is 1. The molecular weight excluding hydrogens is 286 g/mol. The molecule has 0 aliphatic heterocycles. The molecule has 0 fully saturated rings. The topological polar surface area (TPSA) is 70.8 Å². The first kappa shape index (κ1) is 14.3. The molecule has 0 aromatic carbocycles. The van der Waals surface area contributed by atoms with Gasteiger partial charge in [0, 0.05) is 7.05 Å². The van der Waals surface area contributed by atoms with Gasteiger partial charge in [-0.1, -0.05) is 0 Å². The normalized spacial score (nSPS) is 12.2. The van der Waals surface area contributed by atoms with Gasteiger partial charge in [-0.15, -0.1) is 11.3 Å². The van der Waals surface area contributed by atoms with Crippen LogP contribution >= 0.6 is 11.3 Å². The summed E-state index contributed by atoms with van der Waals surface area (Å²) in [4.78, 5) is 0. The molecule has 0 bridgehead atoms. The average Bonchev–Trinajstić information content (AvgIpc) is 2.98. The van der Waals surface area contributed by atoms with Crippen LogP contribution in [0.2, 0.25) is 0 Å². The Kier molecular flexibility index (Phi) is 4.10. The summed E-state index contributed by atoms with van der Waals surface area (Å²) < 4.78 is 31.4. The van der Waals surface area contributed by atoms with E-state index in [1.54, 1.807) is 17.5 Å². The number of rotatable bonds is 5. The average molecular weight is 301 g/mol. The lowest BCUT2D eigenvalue weighted by molar-refractivity contribution is 0.282.